The number of ether oxygens (including phenoxy) is 2. The number of pyridine rings is 1. The monoisotopic (exact) mass is 280 g/mol. The first-order valence-electron chi connectivity index (χ1n) is 6.81. The predicted molar refractivity (Wildman–Crippen MR) is 80.1 cm³/mol. The predicted octanol–water partition coefficient (Wildman–Crippen LogP) is 1.18. The summed E-state index contributed by atoms with van der Waals surface area (Å²) in [4.78, 5) is 8.38. The van der Waals surface area contributed by atoms with Gasteiger partial charge in [-0.25, -0.2) is 4.98 Å². The van der Waals surface area contributed by atoms with Crippen LogP contribution in [0.2, 0.25) is 0 Å². The summed E-state index contributed by atoms with van der Waals surface area (Å²) in [5.41, 5.74) is 1.07. The normalized spacial score (nSPS) is 11.2. The average molecular weight is 280 g/mol. The van der Waals surface area contributed by atoms with Crippen LogP contribution in [-0.4, -0.2) is 44.9 Å². The van der Waals surface area contributed by atoms with E-state index in [0.29, 0.717) is 25.6 Å². The smallest absolute Gasteiger partial charge is 0.213 e. The first kappa shape index (κ1) is 16.2. The van der Waals surface area contributed by atoms with Crippen LogP contribution >= 0.6 is 0 Å². The maximum Gasteiger partial charge on any atom is 0.213 e. The van der Waals surface area contributed by atoms with Crippen LogP contribution in [0.1, 0.15) is 18.9 Å². The minimum absolute atomic E-state index is 0.645. The Morgan fingerprint density at radius 3 is 2.75 bits per heavy atom. The molecule has 0 saturated heterocycles. The third-order valence-corrected chi connectivity index (χ3v) is 2.53. The quantitative estimate of drug-likeness (QED) is 0.425. The van der Waals surface area contributed by atoms with E-state index in [0.717, 1.165) is 24.5 Å². The van der Waals surface area contributed by atoms with E-state index in [4.69, 9.17) is 9.47 Å². The van der Waals surface area contributed by atoms with Crippen molar-refractivity contribution in [2.45, 2.75) is 19.9 Å². The minimum Gasteiger partial charge on any atom is -0.478 e. The van der Waals surface area contributed by atoms with E-state index in [2.05, 4.69) is 27.5 Å². The second-order valence-corrected chi connectivity index (χ2v) is 4.20. The molecule has 6 nitrogen and oxygen atoms in total. The van der Waals surface area contributed by atoms with Crippen LogP contribution in [0.15, 0.2) is 23.3 Å². The van der Waals surface area contributed by atoms with Crippen molar-refractivity contribution in [3.63, 3.8) is 0 Å². The van der Waals surface area contributed by atoms with Crippen LogP contribution in [-0.2, 0) is 11.3 Å². The van der Waals surface area contributed by atoms with Crippen molar-refractivity contribution in [1.29, 1.82) is 0 Å². The van der Waals surface area contributed by atoms with Gasteiger partial charge in [0, 0.05) is 39.5 Å². The molecular formula is C14H24N4O2. The Morgan fingerprint density at radius 2 is 2.15 bits per heavy atom. The highest BCUT2D eigenvalue weighted by Crippen LogP contribution is 2.07. The van der Waals surface area contributed by atoms with Gasteiger partial charge in [-0.15, -0.1) is 0 Å². The molecule has 0 amide bonds. The number of hydrogen-bond acceptors (Lipinski definition) is 4. The molecule has 112 valence electrons. The van der Waals surface area contributed by atoms with E-state index in [1.165, 1.54) is 0 Å². The summed E-state index contributed by atoms with van der Waals surface area (Å²) in [7, 11) is 3.41. The largest absolute Gasteiger partial charge is 0.478 e. The third kappa shape index (κ3) is 6.38. The van der Waals surface area contributed by atoms with Gasteiger partial charge in [0.15, 0.2) is 5.96 Å². The number of hydrogen-bond donors (Lipinski definition) is 2. The fraction of sp³-hybridized carbons (Fsp3) is 0.571. The SMILES string of the molecule is CCCOc1ccc(CNC(=NC)NCCOC)cn1. The first-order chi connectivity index (χ1) is 9.80. The Kier molecular flexibility index (Phi) is 8.14. The molecule has 1 rings (SSSR count). The van der Waals surface area contributed by atoms with Gasteiger partial charge < -0.3 is 20.1 Å². The van der Waals surface area contributed by atoms with Crippen molar-refractivity contribution in [3.8, 4) is 5.88 Å². The fourth-order valence-corrected chi connectivity index (χ4v) is 1.49. The number of nitrogens with one attached hydrogen (secondary N) is 2. The molecule has 20 heavy (non-hydrogen) atoms. The molecule has 0 aliphatic carbocycles. The zero-order chi connectivity index (χ0) is 14.6. The number of nitrogens with zero attached hydrogens (tertiary/aromatic N) is 2. The van der Waals surface area contributed by atoms with Gasteiger partial charge in [-0.05, 0) is 12.0 Å². The minimum atomic E-state index is 0.645. The number of methoxy groups -OCH3 is 1. The van der Waals surface area contributed by atoms with E-state index in [1.807, 2.05) is 12.1 Å². The standard InChI is InChI=1S/C14H24N4O2/c1-4-8-20-13-6-5-12(10-17-13)11-18-14(15-2)16-7-9-19-3/h5-6,10H,4,7-9,11H2,1-3H3,(H2,15,16,18). The molecule has 0 aliphatic heterocycles. The summed E-state index contributed by atoms with van der Waals surface area (Å²) in [6, 6.07) is 3.88. The van der Waals surface area contributed by atoms with Crippen molar-refractivity contribution in [3.05, 3.63) is 23.9 Å². The van der Waals surface area contributed by atoms with E-state index in [9.17, 15) is 0 Å². The zero-order valence-corrected chi connectivity index (χ0v) is 12.5. The topological polar surface area (TPSA) is 67.8 Å². The van der Waals surface area contributed by atoms with E-state index in [1.54, 1.807) is 20.4 Å². The molecule has 1 aromatic rings. The Labute approximate surface area is 120 Å². The Balaban J connectivity index is 2.36. The highest BCUT2D eigenvalue weighted by Gasteiger charge is 1.99. The fourth-order valence-electron chi connectivity index (χ4n) is 1.49. The van der Waals surface area contributed by atoms with Gasteiger partial charge in [0.25, 0.3) is 0 Å². The molecule has 0 bridgehead atoms. The van der Waals surface area contributed by atoms with Crippen molar-refractivity contribution in [2.24, 2.45) is 4.99 Å². The second kappa shape index (κ2) is 10.0. The van der Waals surface area contributed by atoms with Crippen LogP contribution in [0.5, 0.6) is 5.88 Å². The zero-order valence-electron chi connectivity index (χ0n) is 12.5. The van der Waals surface area contributed by atoms with Crippen LogP contribution in [0.3, 0.4) is 0 Å². The van der Waals surface area contributed by atoms with Crippen molar-refractivity contribution in [2.75, 3.05) is 33.9 Å². The molecule has 0 radical (unpaired) electrons. The molecule has 0 spiro atoms. The van der Waals surface area contributed by atoms with Gasteiger partial charge in [0.2, 0.25) is 5.88 Å². The van der Waals surface area contributed by atoms with E-state index < -0.39 is 0 Å². The Morgan fingerprint density at radius 1 is 1.30 bits per heavy atom. The molecule has 0 aromatic carbocycles. The number of guanidine groups is 1. The van der Waals surface area contributed by atoms with Gasteiger partial charge >= 0.3 is 0 Å². The molecule has 0 aliphatic rings. The molecule has 0 saturated carbocycles. The molecular weight excluding hydrogens is 256 g/mol. The molecule has 0 fully saturated rings. The summed E-state index contributed by atoms with van der Waals surface area (Å²) in [6.07, 6.45) is 2.79. The van der Waals surface area contributed by atoms with Crippen molar-refractivity contribution in [1.82, 2.24) is 15.6 Å². The van der Waals surface area contributed by atoms with Gasteiger partial charge in [-0.1, -0.05) is 13.0 Å². The third-order valence-electron chi connectivity index (χ3n) is 2.53. The molecule has 6 heteroatoms. The lowest BCUT2D eigenvalue weighted by atomic mass is 10.3. The lowest BCUT2D eigenvalue weighted by Gasteiger charge is -2.11. The summed E-state index contributed by atoms with van der Waals surface area (Å²) in [5, 5.41) is 6.36. The number of aliphatic imine (C=N–C) groups is 1. The lowest BCUT2D eigenvalue weighted by Crippen LogP contribution is -2.38. The Bertz CT molecular complexity index is 393. The van der Waals surface area contributed by atoms with Crippen LogP contribution < -0.4 is 15.4 Å². The maximum atomic E-state index is 5.44. The lowest BCUT2D eigenvalue weighted by molar-refractivity contribution is 0.203. The summed E-state index contributed by atoms with van der Waals surface area (Å²) in [6.45, 7) is 4.79. The van der Waals surface area contributed by atoms with Crippen LogP contribution in [0.4, 0.5) is 0 Å². The maximum absolute atomic E-state index is 5.44. The molecule has 2 N–H and O–H groups in total. The van der Waals surface area contributed by atoms with Gasteiger partial charge in [0.1, 0.15) is 0 Å². The highest BCUT2D eigenvalue weighted by atomic mass is 16.5. The van der Waals surface area contributed by atoms with E-state index in [-0.39, 0.29) is 0 Å². The van der Waals surface area contributed by atoms with Crippen LogP contribution in [0, 0.1) is 0 Å². The number of rotatable bonds is 8. The Hall–Kier alpha value is -1.82. The molecule has 1 aromatic heterocycles. The van der Waals surface area contributed by atoms with Gasteiger partial charge in [0.05, 0.1) is 13.2 Å². The highest BCUT2D eigenvalue weighted by molar-refractivity contribution is 5.79. The molecule has 0 unspecified atom stereocenters. The summed E-state index contributed by atoms with van der Waals surface area (Å²) >= 11 is 0. The van der Waals surface area contributed by atoms with Crippen molar-refractivity contribution >= 4 is 5.96 Å². The number of aromatic nitrogens is 1. The average Bonchev–Trinajstić information content (AvgIpc) is 2.49. The van der Waals surface area contributed by atoms with Crippen LogP contribution in [0.25, 0.3) is 0 Å². The summed E-state index contributed by atoms with van der Waals surface area (Å²) in [5.74, 6) is 1.41. The van der Waals surface area contributed by atoms with Gasteiger partial charge in [-0.2, -0.15) is 0 Å². The first-order valence-corrected chi connectivity index (χ1v) is 6.81. The molecule has 0 atom stereocenters. The summed E-state index contributed by atoms with van der Waals surface area (Å²) < 4.78 is 10.4. The van der Waals surface area contributed by atoms with Gasteiger partial charge in [-0.3, -0.25) is 4.99 Å². The van der Waals surface area contributed by atoms with Crippen molar-refractivity contribution < 1.29 is 9.47 Å². The molecule has 1 heterocycles. The van der Waals surface area contributed by atoms with E-state index >= 15 is 0 Å². The second-order valence-electron chi connectivity index (χ2n) is 4.20.